The number of ether oxygens (including phenoxy) is 1. The van der Waals surface area contributed by atoms with E-state index in [1.54, 1.807) is 6.07 Å². The lowest BCUT2D eigenvalue weighted by Crippen LogP contribution is -2.19. The van der Waals surface area contributed by atoms with Crippen molar-refractivity contribution in [2.75, 3.05) is 6.61 Å². The monoisotopic (exact) mass is 261 g/mol. The first-order valence-corrected chi connectivity index (χ1v) is 6.24. The van der Waals surface area contributed by atoms with E-state index in [0.717, 1.165) is 5.56 Å². The zero-order valence-electron chi connectivity index (χ0n) is 10.3. The van der Waals surface area contributed by atoms with E-state index >= 15 is 0 Å². The summed E-state index contributed by atoms with van der Waals surface area (Å²) < 4.78 is 5.64. The molecule has 0 heterocycles. The summed E-state index contributed by atoms with van der Waals surface area (Å²) in [7, 11) is 0. The van der Waals surface area contributed by atoms with Gasteiger partial charge in [-0.1, -0.05) is 53.6 Å². The number of hydrogen-bond donors (Lipinski definition) is 1. The zero-order chi connectivity index (χ0) is 13.0. The van der Waals surface area contributed by atoms with Gasteiger partial charge in [-0.3, -0.25) is 0 Å². The molecule has 2 rings (SSSR count). The Morgan fingerprint density at radius 2 is 1.94 bits per heavy atom. The Morgan fingerprint density at radius 3 is 2.67 bits per heavy atom. The van der Waals surface area contributed by atoms with Gasteiger partial charge in [-0.05, 0) is 24.6 Å². The molecular weight excluding hydrogens is 246 g/mol. The molecule has 1 unspecified atom stereocenters. The first-order chi connectivity index (χ1) is 8.66. The summed E-state index contributed by atoms with van der Waals surface area (Å²) in [6.07, 6.45) is 0. The molecule has 0 radical (unpaired) electrons. The molecule has 0 fully saturated rings. The van der Waals surface area contributed by atoms with Crippen molar-refractivity contribution in [3.05, 3.63) is 64.7 Å². The number of para-hydroxylation sites is 1. The third-order valence-corrected chi connectivity index (χ3v) is 3.04. The lowest BCUT2D eigenvalue weighted by Gasteiger charge is -2.14. The molecule has 0 spiro atoms. The third-order valence-electron chi connectivity index (χ3n) is 2.73. The SMILES string of the molecule is Cc1cccc(C(N)COc2ccccc2Cl)c1. The van der Waals surface area contributed by atoms with E-state index in [1.807, 2.05) is 43.3 Å². The first kappa shape index (κ1) is 12.9. The van der Waals surface area contributed by atoms with Gasteiger partial charge in [0.2, 0.25) is 0 Å². The molecule has 2 nitrogen and oxygen atoms in total. The van der Waals surface area contributed by atoms with Crippen LogP contribution in [0.15, 0.2) is 48.5 Å². The van der Waals surface area contributed by atoms with Gasteiger partial charge in [-0.2, -0.15) is 0 Å². The Balaban J connectivity index is 2.00. The van der Waals surface area contributed by atoms with Crippen molar-refractivity contribution >= 4 is 11.6 Å². The fraction of sp³-hybridized carbons (Fsp3) is 0.200. The van der Waals surface area contributed by atoms with Crippen LogP contribution in [-0.2, 0) is 0 Å². The van der Waals surface area contributed by atoms with Crippen LogP contribution in [0, 0.1) is 6.92 Å². The molecule has 2 aromatic carbocycles. The number of benzene rings is 2. The number of nitrogens with two attached hydrogens (primary N) is 1. The predicted octanol–water partition coefficient (Wildman–Crippen LogP) is 3.73. The van der Waals surface area contributed by atoms with Gasteiger partial charge in [-0.25, -0.2) is 0 Å². The molecule has 94 valence electrons. The average molecular weight is 262 g/mol. The van der Waals surface area contributed by atoms with Gasteiger partial charge >= 0.3 is 0 Å². The van der Waals surface area contributed by atoms with Crippen molar-refractivity contribution in [2.45, 2.75) is 13.0 Å². The number of rotatable bonds is 4. The van der Waals surface area contributed by atoms with Crippen molar-refractivity contribution in [3.8, 4) is 5.75 Å². The van der Waals surface area contributed by atoms with Crippen LogP contribution in [-0.4, -0.2) is 6.61 Å². The quantitative estimate of drug-likeness (QED) is 0.910. The van der Waals surface area contributed by atoms with Crippen LogP contribution in [0.2, 0.25) is 5.02 Å². The van der Waals surface area contributed by atoms with E-state index in [1.165, 1.54) is 5.56 Å². The maximum Gasteiger partial charge on any atom is 0.137 e. The molecular formula is C15H16ClNO. The summed E-state index contributed by atoms with van der Waals surface area (Å²) in [4.78, 5) is 0. The van der Waals surface area contributed by atoms with E-state index in [0.29, 0.717) is 17.4 Å². The molecule has 0 amide bonds. The highest BCUT2D eigenvalue weighted by Gasteiger charge is 2.08. The van der Waals surface area contributed by atoms with Crippen molar-refractivity contribution in [1.29, 1.82) is 0 Å². The maximum absolute atomic E-state index is 6.09. The maximum atomic E-state index is 6.09. The molecule has 1 atom stereocenters. The Bertz CT molecular complexity index is 527. The standard InChI is InChI=1S/C15H16ClNO/c1-11-5-4-6-12(9-11)14(17)10-18-15-8-3-2-7-13(15)16/h2-9,14H,10,17H2,1H3. The zero-order valence-corrected chi connectivity index (χ0v) is 11.0. The largest absolute Gasteiger partial charge is 0.490 e. The highest BCUT2D eigenvalue weighted by atomic mass is 35.5. The minimum atomic E-state index is -0.152. The van der Waals surface area contributed by atoms with Gasteiger partial charge in [0.15, 0.2) is 0 Å². The second kappa shape index (κ2) is 5.89. The van der Waals surface area contributed by atoms with Crippen LogP contribution >= 0.6 is 11.6 Å². The van der Waals surface area contributed by atoms with Crippen molar-refractivity contribution in [2.24, 2.45) is 5.73 Å². The van der Waals surface area contributed by atoms with Gasteiger partial charge in [0, 0.05) is 0 Å². The third kappa shape index (κ3) is 3.25. The van der Waals surface area contributed by atoms with Crippen LogP contribution in [0.1, 0.15) is 17.2 Å². The summed E-state index contributed by atoms with van der Waals surface area (Å²) in [6, 6.07) is 15.4. The highest BCUT2D eigenvalue weighted by molar-refractivity contribution is 6.32. The van der Waals surface area contributed by atoms with E-state index in [2.05, 4.69) is 6.07 Å². The molecule has 3 heteroatoms. The van der Waals surface area contributed by atoms with Crippen LogP contribution in [0.4, 0.5) is 0 Å². The highest BCUT2D eigenvalue weighted by Crippen LogP contribution is 2.24. The second-order valence-corrected chi connectivity index (χ2v) is 4.67. The Morgan fingerprint density at radius 1 is 1.17 bits per heavy atom. The van der Waals surface area contributed by atoms with Crippen LogP contribution in [0.5, 0.6) is 5.75 Å². The summed E-state index contributed by atoms with van der Waals surface area (Å²) in [5.41, 5.74) is 8.36. The fourth-order valence-electron chi connectivity index (χ4n) is 1.74. The summed E-state index contributed by atoms with van der Waals surface area (Å²) in [5, 5.41) is 0.606. The average Bonchev–Trinajstić information content (AvgIpc) is 2.37. The normalized spacial score (nSPS) is 12.2. The molecule has 2 aromatic rings. The van der Waals surface area contributed by atoms with Gasteiger partial charge in [0.05, 0.1) is 11.1 Å². The smallest absolute Gasteiger partial charge is 0.137 e. The molecule has 0 bridgehead atoms. The first-order valence-electron chi connectivity index (χ1n) is 5.86. The van der Waals surface area contributed by atoms with Crippen LogP contribution in [0.3, 0.4) is 0 Å². The molecule has 18 heavy (non-hydrogen) atoms. The van der Waals surface area contributed by atoms with Gasteiger partial charge in [0.25, 0.3) is 0 Å². The lowest BCUT2D eigenvalue weighted by atomic mass is 10.1. The molecule has 0 aliphatic carbocycles. The molecule has 2 N–H and O–H groups in total. The number of aryl methyl sites for hydroxylation is 1. The lowest BCUT2D eigenvalue weighted by molar-refractivity contribution is 0.291. The number of halogens is 1. The van der Waals surface area contributed by atoms with Crippen molar-refractivity contribution < 1.29 is 4.74 Å². The van der Waals surface area contributed by atoms with E-state index in [-0.39, 0.29) is 6.04 Å². The molecule has 0 aromatic heterocycles. The Labute approximate surface area is 112 Å². The topological polar surface area (TPSA) is 35.2 Å². The van der Waals surface area contributed by atoms with E-state index < -0.39 is 0 Å². The second-order valence-electron chi connectivity index (χ2n) is 4.26. The predicted molar refractivity (Wildman–Crippen MR) is 75.1 cm³/mol. The van der Waals surface area contributed by atoms with Gasteiger partial charge < -0.3 is 10.5 Å². The molecule has 0 aliphatic heterocycles. The van der Waals surface area contributed by atoms with Gasteiger partial charge in [-0.15, -0.1) is 0 Å². The summed E-state index contributed by atoms with van der Waals surface area (Å²) in [6.45, 7) is 2.46. The Hall–Kier alpha value is -1.51. The molecule has 0 aliphatic rings. The van der Waals surface area contributed by atoms with Crippen LogP contribution in [0.25, 0.3) is 0 Å². The molecule has 0 saturated heterocycles. The van der Waals surface area contributed by atoms with Crippen molar-refractivity contribution in [3.63, 3.8) is 0 Å². The minimum Gasteiger partial charge on any atom is -0.490 e. The van der Waals surface area contributed by atoms with Crippen LogP contribution < -0.4 is 10.5 Å². The number of hydrogen-bond acceptors (Lipinski definition) is 2. The summed E-state index contributed by atoms with van der Waals surface area (Å²) >= 11 is 6.01. The fourth-order valence-corrected chi connectivity index (χ4v) is 1.93. The molecule has 0 saturated carbocycles. The Kier molecular flexibility index (Phi) is 4.24. The summed E-state index contributed by atoms with van der Waals surface area (Å²) in [5.74, 6) is 0.669. The van der Waals surface area contributed by atoms with Crippen molar-refractivity contribution in [1.82, 2.24) is 0 Å². The van der Waals surface area contributed by atoms with Gasteiger partial charge in [0.1, 0.15) is 12.4 Å². The van der Waals surface area contributed by atoms with E-state index in [9.17, 15) is 0 Å². The van der Waals surface area contributed by atoms with E-state index in [4.69, 9.17) is 22.1 Å². The minimum absolute atomic E-state index is 0.152.